The lowest BCUT2D eigenvalue weighted by Crippen LogP contribution is -2.30. The van der Waals surface area contributed by atoms with E-state index in [9.17, 15) is 14.4 Å². The van der Waals surface area contributed by atoms with E-state index in [0.29, 0.717) is 19.3 Å². The van der Waals surface area contributed by atoms with E-state index in [1.165, 1.54) is 148 Å². The number of unbranched alkanes of at least 4 members (excludes halogenated alkanes) is 26. The second-order valence-electron chi connectivity index (χ2n) is 18.5. The fourth-order valence-corrected chi connectivity index (χ4v) is 7.41. The Morgan fingerprint density at radius 2 is 0.518 bits per heavy atom. The molecule has 0 aromatic heterocycles. The molecule has 6 nitrogen and oxygen atoms in total. The second kappa shape index (κ2) is 41.6. The lowest BCUT2D eigenvalue weighted by atomic mass is 10.0. The van der Waals surface area contributed by atoms with Gasteiger partial charge in [0.1, 0.15) is 13.2 Å². The maximum Gasteiger partial charge on any atom is 0.306 e. The molecule has 0 radical (unpaired) electrons. The summed E-state index contributed by atoms with van der Waals surface area (Å²) in [7, 11) is 0. The average molecular weight is 793 g/mol. The highest BCUT2D eigenvalue weighted by Crippen LogP contribution is 2.17. The molecule has 0 aromatic carbocycles. The van der Waals surface area contributed by atoms with E-state index >= 15 is 0 Å². The minimum atomic E-state index is -0.762. The molecule has 0 aliphatic rings. The summed E-state index contributed by atoms with van der Waals surface area (Å²) in [5, 5.41) is 0. The van der Waals surface area contributed by atoms with Gasteiger partial charge in [-0.15, -0.1) is 0 Å². The number of hydrogen-bond acceptors (Lipinski definition) is 6. The normalized spacial score (nSPS) is 12.2. The Hall–Kier alpha value is -1.59. The number of carbonyl (C=O) groups excluding carboxylic acids is 3. The monoisotopic (exact) mass is 793 g/mol. The van der Waals surface area contributed by atoms with Gasteiger partial charge in [0.15, 0.2) is 6.10 Å². The fourth-order valence-electron chi connectivity index (χ4n) is 7.41. The van der Waals surface area contributed by atoms with Gasteiger partial charge in [-0.1, -0.05) is 228 Å². The largest absolute Gasteiger partial charge is 0.462 e. The van der Waals surface area contributed by atoms with Crippen molar-refractivity contribution in [3.8, 4) is 0 Å². The van der Waals surface area contributed by atoms with E-state index in [-0.39, 0.29) is 31.1 Å². The molecule has 0 unspecified atom stereocenters. The van der Waals surface area contributed by atoms with Crippen molar-refractivity contribution in [2.24, 2.45) is 17.8 Å². The van der Waals surface area contributed by atoms with E-state index in [1.54, 1.807) is 0 Å². The first kappa shape index (κ1) is 54.4. The third-order valence-corrected chi connectivity index (χ3v) is 11.1. The lowest BCUT2D eigenvalue weighted by Gasteiger charge is -2.18. The van der Waals surface area contributed by atoms with Gasteiger partial charge in [0.25, 0.3) is 0 Å². The summed E-state index contributed by atoms with van der Waals surface area (Å²) in [6, 6.07) is 0. The predicted molar refractivity (Wildman–Crippen MR) is 238 cm³/mol. The fraction of sp³-hybridized carbons (Fsp3) is 0.940. The zero-order valence-electron chi connectivity index (χ0n) is 38.4. The smallest absolute Gasteiger partial charge is 0.306 e. The Morgan fingerprint density at radius 1 is 0.304 bits per heavy atom. The van der Waals surface area contributed by atoms with Crippen LogP contribution >= 0.6 is 0 Å². The van der Waals surface area contributed by atoms with Crippen LogP contribution < -0.4 is 0 Å². The Labute approximate surface area is 348 Å². The highest BCUT2D eigenvalue weighted by molar-refractivity contribution is 5.71. The molecule has 0 heterocycles. The molecule has 6 heteroatoms. The van der Waals surface area contributed by atoms with E-state index in [2.05, 4.69) is 41.5 Å². The van der Waals surface area contributed by atoms with Crippen LogP contribution in [0.3, 0.4) is 0 Å². The van der Waals surface area contributed by atoms with Gasteiger partial charge in [-0.25, -0.2) is 0 Å². The molecular weight excluding hydrogens is 697 g/mol. The molecule has 0 rings (SSSR count). The molecule has 332 valence electrons. The van der Waals surface area contributed by atoms with Crippen molar-refractivity contribution in [2.45, 2.75) is 272 Å². The SMILES string of the molecule is CC(C)CCCCCCCCCCCCCCCCC(=O)OC[C@@H](COC(=O)CCCCCCCCCCCC(C)C)OC(=O)CCCCCCCCC(C)C. The third kappa shape index (κ3) is 43.5. The average Bonchev–Trinajstić information content (AvgIpc) is 3.15. The quantitative estimate of drug-likeness (QED) is 0.0348. The van der Waals surface area contributed by atoms with Gasteiger partial charge >= 0.3 is 17.9 Å². The van der Waals surface area contributed by atoms with Gasteiger partial charge in [0.2, 0.25) is 0 Å². The van der Waals surface area contributed by atoms with Crippen LogP contribution in [-0.2, 0) is 28.6 Å². The summed E-state index contributed by atoms with van der Waals surface area (Å²) in [6.45, 7) is 13.6. The van der Waals surface area contributed by atoms with Gasteiger partial charge in [-0.05, 0) is 37.0 Å². The summed E-state index contributed by atoms with van der Waals surface area (Å²) in [4.78, 5) is 37.8. The Balaban J connectivity index is 4.25. The van der Waals surface area contributed by atoms with Crippen LogP contribution in [0.2, 0.25) is 0 Å². The van der Waals surface area contributed by atoms with Crippen molar-refractivity contribution in [3.05, 3.63) is 0 Å². The molecule has 0 N–H and O–H groups in total. The van der Waals surface area contributed by atoms with Crippen LogP contribution in [0.4, 0.5) is 0 Å². The van der Waals surface area contributed by atoms with Crippen LogP contribution in [0.5, 0.6) is 0 Å². The molecule has 0 amide bonds. The molecule has 0 aliphatic carbocycles. The lowest BCUT2D eigenvalue weighted by molar-refractivity contribution is -0.167. The van der Waals surface area contributed by atoms with E-state index in [1.807, 2.05) is 0 Å². The Kier molecular flexibility index (Phi) is 40.4. The first-order valence-electron chi connectivity index (χ1n) is 24.6. The highest BCUT2D eigenvalue weighted by atomic mass is 16.6. The Bertz CT molecular complexity index is 868. The third-order valence-electron chi connectivity index (χ3n) is 11.1. The summed E-state index contributed by atoms with van der Waals surface area (Å²) in [6.07, 6.45) is 39.6. The predicted octanol–water partition coefficient (Wildman–Crippen LogP) is 15.6. The van der Waals surface area contributed by atoms with Crippen molar-refractivity contribution >= 4 is 17.9 Å². The highest BCUT2D eigenvalue weighted by Gasteiger charge is 2.19. The van der Waals surface area contributed by atoms with E-state index in [0.717, 1.165) is 75.5 Å². The summed E-state index contributed by atoms with van der Waals surface area (Å²) >= 11 is 0. The molecular formula is C50H96O6. The minimum Gasteiger partial charge on any atom is -0.462 e. The standard InChI is InChI=1S/C50H96O6/c1-44(2)36-30-24-18-14-11-9-7-8-10-12-16-20-27-33-39-48(51)54-42-47(56-50(53)41-35-29-23-22-26-32-38-46(5)6)43-55-49(52)40-34-28-21-17-13-15-19-25-31-37-45(3)4/h44-47H,7-43H2,1-6H3/t47-/m0/s1. The van der Waals surface area contributed by atoms with E-state index < -0.39 is 6.10 Å². The van der Waals surface area contributed by atoms with Crippen LogP contribution in [0.15, 0.2) is 0 Å². The van der Waals surface area contributed by atoms with Gasteiger partial charge in [0.05, 0.1) is 0 Å². The molecule has 0 saturated carbocycles. The van der Waals surface area contributed by atoms with E-state index in [4.69, 9.17) is 14.2 Å². The summed E-state index contributed by atoms with van der Waals surface area (Å²) in [5.41, 5.74) is 0. The molecule has 0 saturated heterocycles. The van der Waals surface area contributed by atoms with Crippen molar-refractivity contribution in [1.29, 1.82) is 0 Å². The number of hydrogen-bond donors (Lipinski definition) is 0. The zero-order chi connectivity index (χ0) is 41.3. The molecule has 0 fully saturated rings. The molecule has 0 aliphatic heterocycles. The first-order valence-corrected chi connectivity index (χ1v) is 24.6. The van der Waals surface area contributed by atoms with Gasteiger partial charge < -0.3 is 14.2 Å². The number of ether oxygens (including phenoxy) is 3. The van der Waals surface area contributed by atoms with Crippen molar-refractivity contribution in [3.63, 3.8) is 0 Å². The van der Waals surface area contributed by atoms with Crippen LogP contribution in [0.1, 0.15) is 266 Å². The van der Waals surface area contributed by atoms with Gasteiger partial charge in [-0.2, -0.15) is 0 Å². The minimum absolute atomic E-state index is 0.0662. The number of esters is 3. The summed E-state index contributed by atoms with van der Waals surface area (Å²) < 4.78 is 16.7. The van der Waals surface area contributed by atoms with Crippen molar-refractivity contribution in [2.75, 3.05) is 13.2 Å². The second-order valence-corrected chi connectivity index (χ2v) is 18.5. The van der Waals surface area contributed by atoms with Gasteiger partial charge in [-0.3, -0.25) is 14.4 Å². The van der Waals surface area contributed by atoms with Crippen LogP contribution in [-0.4, -0.2) is 37.2 Å². The topological polar surface area (TPSA) is 78.9 Å². The maximum absolute atomic E-state index is 12.7. The van der Waals surface area contributed by atoms with Crippen LogP contribution in [0, 0.1) is 17.8 Å². The Morgan fingerprint density at radius 3 is 0.768 bits per heavy atom. The van der Waals surface area contributed by atoms with Crippen LogP contribution in [0.25, 0.3) is 0 Å². The van der Waals surface area contributed by atoms with Crippen molar-refractivity contribution in [1.82, 2.24) is 0 Å². The summed E-state index contributed by atoms with van der Waals surface area (Å²) in [5.74, 6) is 1.55. The molecule has 0 spiro atoms. The molecule has 0 bridgehead atoms. The van der Waals surface area contributed by atoms with Gasteiger partial charge in [0, 0.05) is 19.3 Å². The first-order chi connectivity index (χ1) is 27.1. The zero-order valence-corrected chi connectivity index (χ0v) is 38.4. The number of rotatable bonds is 43. The molecule has 0 aromatic rings. The number of carbonyl (C=O) groups is 3. The van der Waals surface area contributed by atoms with Crippen molar-refractivity contribution < 1.29 is 28.6 Å². The molecule has 56 heavy (non-hydrogen) atoms. The molecule has 1 atom stereocenters. The maximum atomic E-state index is 12.7.